The zero-order chi connectivity index (χ0) is 38.5. The normalized spacial score (nSPS) is 13.1. The average molecular weight is 743 g/mol. The molecule has 0 spiro atoms. The van der Waals surface area contributed by atoms with E-state index in [4.69, 9.17) is 4.42 Å². The summed E-state index contributed by atoms with van der Waals surface area (Å²) >= 11 is 0. The summed E-state index contributed by atoms with van der Waals surface area (Å²) in [5, 5.41) is 7.07. The molecule has 0 radical (unpaired) electrons. The maximum absolute atomic E-state index is 6.71. The quantitative estimate of drug-likeness (QED) is 0.175. The van der Waals surface area contributed by atoms with Gasteiger partial charge >= 0.3 is 0 Å². The maximum Gasteiger partial charge on any atom is 0.138 e. The molecule has 0 saturated carbocycles. The van der Waals surface area contributed by atoms with E-state index in [9.17, 15) is 0 Å². The molecule has 0 fully saturated rings. The number of anilines is 3. The molecule has 11 aromatic rings. The second-order valence-corrected chi connectivity index (χ2v) is 16.1. The van der Waals surface area contributed by atoms with Crippen LogP contribution in [0, 0.1) is 0 Å². The van der Waals surface area contributed by atoms with Gasteiger partial charge in [-0.1, -0.05) is 141 Å². The Balaban J connectivity index is 1.18. The molecule has 0 N–H and O–H groups in total. The summed E-state index contributed by atoms with van der Waals surface area (Å²) in [7, 11) is 0. The van der Waals surface area contributed by atoms with E-state index >= 15 is 0 Å². The van der Waals surface area contributed by atoms with Crippen molar-refractivity contribution in [3.8, 4) is 27.9 Å². The minimum atomic E-state index is -0.120. The molecule has 58 heavy (non-hydrogen) atoms. The van der Waals surface area contributed by atoms with Gasteiger partial charge in [-0.2, -0.15) is 0 Å². The zero-order valence-corrected chi connectivity index (χ0v) is 32.3. The van der Waals surface area contributed by atoms with Crippen molar-refractivity contribution >= 4 is 71.6 Å². The van der Waals surface area contributed by atoms with E-state index in [1.54, 1.807) is 0 Å². The van der Waals surface area contributed by atoms with Gasteiger partial charge in [-0.15, -0.1) is 0 Å². The second-order valence-electron chi connectivity index (χ2n) is 16.1. The van der Waals surface area contributed by atoms with Gasteiger partial charge in [-0.05, 0) is 99.3 Å². The smallest absolute Gasteiger partial charge is 0.138 e. The first-order valence-corrected chi connectivity index (χ1v) is 20.1. The summed E-state index contributed by atoms with van der Waals surface area (Å²) in [5.74, 6) is 0. The molecule has 1 aliphatic carbocycles. The fourth-order valence-electron chi connectivity index (χ4n) is 9.85. The predicted molar refractivity (Wildman–Crippen MR) is 243 cm³/mol. The van der Waals surface area contributed by atoms with Crippen molar-refractivity contribution in [2.24, 2.45) is 0 Å². The van der Waals surface area contributed by atoms with Crippen molar-refractivity contribution < 1.29 is 4.42 Å². The minimum Gasteiger partial charge on any atom is -0.456 e. The van der Waals surface area contributed by atoms with Crippen molar-refractivity contribution in [1.82, 2.24) is 4.57 Å². The van der Waals surface area contributed by atoms with E-state index in [-0.39, 0.29) is 5.41 Å². The summed E-state index contributed by atoms with van der Waals surface area (Å²) in [5.41, 5.74) is 16.1. The van der Waals surface area contributed by atoms with Crippen LogP contribution in [0.25, 0.3) is 82.5 Å². The van der Waals surface area contributed by atoms with Gasteiger partial charge in [0.1, 0.15) is 11.2 Å². The van der Waals surface area contributed by atoms with Gasteiger partial charge in [0.2, 0.25) is 0 Å². The van der Waals surface area contributed by atoms with E-state index in [1.165, 1.54) is 49.4 Å². The molecule has 3 nitrogen and oxygen atoms in total. The Morgan fingerprint density at radius 1 is 0.448 bits per heavy atom. The Morgan fingerprint density at radius 3 is 2.00 bits per heavy atom. The minimum absolute atomic E-state index is 0.120. The number of benzene rings is 9. The van der Waals surface area contributed by atoms with Crippen LogP contribution < -0.4 is 4.90 Å². The Bertz CT molecular complexity index is 3430. The summed E-state index contributed by atoms with van der Waals surface area (Å²) < 4.78 is 9.15. The van der Waals surface area contributed by atoms with E-state index in [1.807, 2.05) is 0 Å². The molecular formula is C55H38N2O. The van der Waals surface area contributed by atoms with Crippen LogP contribution in [-0.4, -0.2) is 4.57 Å². The van der Waals surface area contributed by atoms with Crippen LogP contribution in [-0.2, 0) is 5.41 Å². The van der Waals surface area contributed by atoms with Crippen LogP contribution in [0.5, 0.6) is 0 Å². The van der Waals surface area contributed by atoms with Gasteiger partial charge in [-0.25, -0.2) is 0 Å². The van der Waals surface area contributed by atoms with Gasteiger partial charge in [0.25, 0.3) is 0 Å². The van der Waals surface area contributed by atoms with Crippen molar-refractivity contribution in [2.75, 3.05) is 4.90 Å². The molecular weight excluding hydrogens is 705 g/mol. The molecule has 0 atom stereocenters. The summed E-state index contributed by atoms with van der Waals surface area (Å²) in [4.78, 5) is 2.42. The summed E-state index contributed by atoms with van der Waals surface area (Å²) in [6.07, 6.45) is 0. The predicted octanol–water partition coefficient (Wildman–Crippen LogP) is 15.3. The highest BCUT2D eigenvalue weighted by atomic mass is 16.3. The molecule has 9 aromatic carbocycles. The highest BCUT2D eigenvalue weighted by Gasteiger charge is 2.36. The third-order valence-corrected chi connectivity index (χ3v) is 12.5. The standard InChI is InChI=1S/C55H38N2O/c1-55(2)46-23-13-11-21-42(46)43-29-27-41(33-47(43)55)56(38-19-7-4-8-20-38)40-28-30-48-45(32-40)53-49(57(48)39-26-25-35-15-9-10-18-37(35)31-39)34-51-54(44-22-12-14-24-50(44)58-51)52(53)36-16-5-3-6-17-36/h3-34H,1-2H3. The van der Waals surface area contributed by atoms with Crippen LogP contribution in [0.2, 0.25) is 0 Å². The number of rotatable bonds is 5. The molecule has 2 aromatic heterocycles. The monoisotopic (exact) mass is 742 g/mol. The molecule has 0 unspecified atom stereocenters. The van der Waals surface area contributed by atoms with Gasteiger partial charge in [0, 0.05) is 61.3 Å². The lowest BCUT2D eigenvalue weighted by atomic mass is 9.82. The Labute approximate surface area is 336 Å². The summed E-state index contributed by atoms with van der Waals surface area (Å²) in [6, 6.07) is 70.7. The SMILES string of the molecule is CC1(C)c2ccccc2-c2ccc(N(c3ccccc3)c3ccc4c(c3)c3c(-c5ccccc5)c5c(cc3n4-c3ccc4ccccc4c3)oc3ccccc35)cc21. The van der Waals surface area contributed by atoms with E-state index in [2.05, 4.69) is 217 Å². The van der Waals surface area contributed by atoms with Crippen molar-refractivity contribution in [3.05, 3.63) is 205 Å². The molecule has 2 heterocycles. The number of fused-ring (bicyclic) bond motifs is 10. The van der Waals surface area contributed by atoms with Gasteiger partial charge in [0.15, 0.2) is 0 Å². The first-order valence-electron chi connectivity index (χ1n) is 20.1. The molecule has 0 aliphatic heterocycles. The van der Waals surface area contributed by atoms with Crippen LogP contribution in [0.4, 0.5) is 17.1 Å². The molecule has 0 amide bonds. The first-order chi connectivity index (χ1) is 28.5. The Hall–Kier alpha value is -7.36. The lowest BCUT2D eigenvalue weighted by molar-refractivity contribution is 0.660. The van der Waals surface area contributed by atoms with Crippen molar-refractivity contribution in [1.29, 1.82) is 0 Å². The van der Waals surface area contributed by atoms with Crippen molar-refractivity contribution in [2.45, 2.75) is 19.3 Å². The molecule has 0 saturated heterocycles. The Morgan fingerprint density at radius 2 is 1.14 bits per heavy atom. The molecule has 1 aliphatic rings. The van der Waals surface area contributed by atoms with Gasteiger partial charge < -0.3 is 13.9 Å². The third-order valence-electron chi connectivity index (χ3n) is 12.5. The fourth-order valence-corrected chi connectivity index (χ4v) is 9.85. The van der Waals surface area contributed by atoms with Crippen LogP contribution in [0.15, 0.2) is 199 Å². The van der Waals surface area contributed by atoms with Crippen molar-refractivity contribution in [3.63, 3.8) is 0 Å². The lowest BCUT2D eigenvalue weighted by Gasteiger charge is -2.28. The molecule has 12 rings (SSSR count). The fraction of sp³-hybridized carbons (Fsp3) is 0.0545. The third kappa shape index (κ3) is 4.74. The molecule has 0 bridgehead atoms. The van der Waals surface area contributed by atoms with Crippen LogP contribution >= 0.6 is 0 Å². The average Bonchev–Trinajstić information content (AvgIpc) is 3.88. The maximum atomic E-state index is 6.71. The first kappa shape index (κ1) is 32.8. The topological polar surface area (TPSA) is 21.3 Å². The number of furan rings is 1. The van der Waals surface area contributed by atoms with Crippen LogP contribution in [0.3, 0.4) is 0 Å². The van der Waals surface area contributed by atoms with E-state index in [0.29, 0.717) is 0 Å². The van der Waals surface area contributed by atoms with E-state index < -0.39 is 0 Å². The number of nitrogens with zero attached hydrogens (tertiary/aromatic N) is 2. The highest BCUT2D eigenvalue weighted by molar-refractivity contribution is 6.27. The van der Waals surface area contributed by atoms with E-state index in [0.717, 1.165) is 61.3 Å². The lowest BCUT2D eigenvalue weighted by Crippen LogP contribution is -2.16. The molecule has 3 heteroatoms. The van der Waals surface area contributed by atoms with Gasteiger partial charge in [-0.3, -0.25) is 0 Å². The van der Waals surface area contributed by atoms with Crippen LogP contribution in [0.1, 0.15) is 25.0 Å². The number of hydrogen-bond donors (Lipinski definition) is 0. The Kier molecular flexibility index (Phi) is 6.98. The largest absolute Gasteiger partial charge is 0.456 e. The zero-order valence-electron chi connectivity index (χ0n) is 32.3. The summed E-state index contributed by atoms with van der Waals surface area (Å²) in [6.45, 7) is 4.71. The molecule has 274 valence electrons. The number of aromatic nitrogens is 1. The number of hydrogen-bond acceptors (Lipinski definition) is 2. The second kappa shape index (κ2) is 12.3. The van der Waals surface area contributed by atoms with Gasteiger partial charge in [0.05, 0.1) is 11.0 Å². The highest BCUT2D eigenvalue weighted by Crippen LogP contribution is 2.52. The number of para-hydroxylation sites is 2.